The van der Waals surface area contributed by atoms with Crippen molar-refractivity contribution in [2.75, 3.05) is 20.3 Å². The van der Waals surface area contributed by atoms with Crippen LogP contribution in [0.2, 0.25) is 4.34 Å². The van der Waals surface area contributed by atoms with Crippen LogP contribution in [0.3, 0.4) is 0 Å². The van der Waals surface area contributed by atoms with Gasteiger partial charge >= 0.3 is 5.97 Å². The molecule has 0 fully saturated rings. The Labute approximate surface area is 142 Å². The molecular weight excluding hydrogens is 340 g/mol. The predicted molar refractivity (Wildman–Crippen MR) is 87.7 cm³/mol. The zero-order valence-corrected chi connectivity index (χ0v) is 14.0. The summed E-state index contributed by atoms with van der Waals surface area (Å²) in [6.45, 7) is -0.164. The lowest BCUT2D eigenvalue weighted by atomic mass is 10.3. The molecular formula is C16H15ClO5S. The third-order valence-corrected chi connectivity index (χ3v) is 4.12. The molecule has 2 rings (SSSR count). The highest BCUT2D eigenvalue weighted by atomic mass is 35.5. The molecule has 0 aliphatic rings. The molecule has 0 radical (unpaired) electrons. The number of methoxy groups -OCH3 is 1. The molecule has 0 bridgehead atoms. The summed E-state index contributed by atoms with van der Waals surface area (Å²) in [4.78, 5) is 23.9. The third kappa shape index (κ3) is 5.26. The first kappa shape index (κ1) is 17.3. The van der Waals surface area contributed by atoms with Crippen molar-refractivity contribution in [1.29, 1.82) is 0 Å². The minimum absolute atomic E-state index is 0.0382. The number of carbonyl (C=O) groups is 2. The van der Waals surface area contributed by atoms with Crippen LogP contribution < -0.4 is 9.47 Å². The van der Waals surface area contributed by atoms with E-state index in [9.17, 15) is 9.59 Å². The zero-order chi connectivity index (χ0) is 16.7. The van der Waals surface area contributed by atoms with Crippen molar-refractivity contribution in [2.45, 2.75) is 6.42 Å². The van der Waals surface area contributed by atoms with E-state index in [1.54, 1.807) is 37.4 Å². The lowest BCUT2D eigenvalue weighted by Gasteiger charge is -2.09. The van der Waals surface area contributed by atoms with Crippen molar-refractivity contribution >= 4 is 34.7 Å². The van der Waals surface area contributed by atoms with Gasteiger partial charge in [-0.1, -0.05) is 23.7 Å². The molecule has 0 aliphatic carbocycles. The van der Waals surface area contributed by atoms with Crippen molar-refractivity contribution in [2.24, 2.45) is 0 Å². The Morgan fingerprint density at radius 3 is 2.52 bits per heavy atom. The molecule has 23 heavy (non-hydrogen) atoms. The van der Waals surface area contributed by atoms with Crippen LogP contribution in [-0.4, -0.2) is 32.1 Å². The lowest BCUT2D eigenvalue weighted by molar-refractivity contribution is -0.143. The van der Waals surface area contributed by atoms with Crippen LogP contribution in [0.25, 0.3) is 0 Å². The molecule has 0 spiro atoms. The fourth-order valence-electron chi connectivity index (χ4n) is 1.74. The highest BCUT2D eigenvalue weighted by Crippen LogP contribution is 2.25. The van der Waals surface area contributed by atoms with E-state index in [1.165, 1.54) is 0 Å². The van der Waals surface area contributed by atoms with Crippen LogP contribution in [-0.2, 0) is 9.53 Å². The molecule has 0 amide bonds. The highest BCUT2D eigenvalue weighted by Gasteiger charge is 2.12. The molecule has 5 nitrogen and oxygen atoms in total. The number of hydrogen-bond donors (Lipinski definition) is 0. The number of halogens is 1. The summed E-state index contributed by atoms with van der Waals surface area (Å²) in [7, 11) is 1.54. The van der Waals surface area contributed by atoms with Crippen LogP contribution in [0.5, 0.6) is 11.5 Å². The normalized spacial score (nSPS) is 10.2. The number of rotatable bonds is 8. The predicted octanol–water partition coefficient (Wildman–Crippen LogP) is 3.61. The Kier molecular flexibility index (Phi) is 6.43. The van der Waals surface area contributed by atoms with E-state index in [1.807, 2.05) is 6.07 Å². The average Bonchev–Trinajstić information content (AvgIpc) is 2.99. The monoisotopic (exact) mass is 354 g/mol. The van der Waals surface area contributed by atoms with Gasteiger partial charge in [0.05, 0.1) is 29.4 Å². The number of para-hydroxylation sites is 2. The Morgan fingerprint density at radius 2 is 1.87 bits per heavy atom. The number of ether oxygens (including phenoxy) is 3. The summed E-state index contributed by atoms with van der Waals surface area (Å²) in [6.07, 6.45) is 0.0382. The second-order valence-electron chi connectivity index (χ2n) is 4.44. The number of carbonyl (C=O) groups excluding carboxylic acids is 2. The van der Waals surface area contributed by atoms with Crippen LogP contribution in [0, 0.1) is 0 Å². The fourth-order valence-corrected chi connectivity index (χ4v) is 2.70. The molecule has 7 heteroatoms. The van der Waals surface area contributed by atoms with Gasteiger partial charge in [-0.25, -0.2) is 0 Å². The second-order valence-corrected chi connectivity index (χ2v) is 6.15. The maximum atomic E-state index is 11.8. The van der Waals surface area contributed by atoms with Crippen LogP contribution in [0.15, 0.2) is 36.4 Å². The molecule has 2 aromatic rings. The van der Waals surface area contributed by atoms with Gasteiger partial charge in [0.2, 0.25) is 5.78 Å². The number of thiophene rings is 1. The Hall–Kier alpha value is -2.05. The van der Waals surface area contributed by atoms with E-state index in [4.69, 9.17) is 25.8 Å². The lowest BCUT2D eigenvalue weighted by Crippen LogP contribution is -2.15. The summed E-state index contributed by atoms with van der Waals surface area (Å²) < 4.78 is 16.0. The summed E-state index contributed by atoms with van der Waals surface area (Å²) in [5.41, 5.74) is 0. The van der Waals surface area contributed by atoms with E-state index < -0.39 is 5.97 Å². The minimum Gasteiger partial charge on any atom is -0.493 e. The maximum Gasteiger partial charge on any atom is 0.309 e. The quantitative estimate of drug-likeness (QED) is 0.535. The number of Topliss-reactive ketones (excluding diaryl/α,β-unsaturated/α-hetero) is 1. The zero-order valence-electron chi connectivity index (χ0n) is 12.4. The van der Waals surface area contributed by atoms with Crippen molar-refractivity contribution in [1.82, 2.24) is 0 Å². The summed E-state index contributed by atoms with van der Waals surface area (Å²) in [6, 6.07) is 10.4. The van der Waals surface area contributed by atoms with Crippen molar-refractivity contribution < 1.29 is 23.8 Å². The standard InChI is InChI=1S/C16H15ClO5S/c1-20-12-4-2-3-5-13(12)21-9-8-16(19)22-10-11(18)14-6-7-15(17)23-14/h2-7H,8-10H2,1H3. The molecule has 1 heterocycles. The molecule has 1 aromatic carbocycles. The molecule has 0 aliphatic heterocycles. The van der Waals surface area contributed by atoms with Crippen LogP contribution in [0.1, 0.15) is 16.1 Å². The summed E-state index contributed by atoms with van der Waals surface area (Å²) in [5, 5.41) is 0. The largest absolute Gasteiger partial charge is 0.493 e. The number of benzene rings is 1. The van der Waals surface area contributed by atoms with E-state index >= 15 is 0 Å². The van der Waals surface area contributed by atoms with E-state index in [0.29, 0.717) is 20.7 Å². The van der Waals surface area contributed by atoms with Crippen LogP contribution in [0.4, 0.5) is 0 Å². The molecule has 0 unspecified atom stereocenters. The van der Waals surface area contributed by atoms with E-state index in [-0.39, 0.29) is 25.4 Å². The minimum atomic E-state index is -0.504. The fraction of sp³-hybridized carbons (Fsp3) is 0.250. The van der Waals surface area contributed by atoms with Gasteiger partial charge in [-0.05, 0) is 24.3 Å². The summed E-state index contributed by atoms with van der Waals surface area (Å²) in [5.74, 6) is 0.356. The van der Waals surface area contributed by atoms with Crippen molar-refractivity contribution in [3.63, 3.8) is 0 Å². The Bertz CT molecular complexity index is 683. The first-order chi connectivity index (χ1) is 11.1. The van der Waals surface area contributed by atoms with Gasteiger partial charge in [0.15, 0.2) is 18.1 Å². The Morgan fingerprint density at radius 1 is 1.13 bits per heavy atom. The van der Waals surface area contributed by atoms with Gasteiger partial charge in [0.1, 0.15) is 0 Å². The molecule has 0 atom stereocenters. The maximum absolute atomic E-state index is 11.8. The number of hydrogen-bond acceptors (Lipinski definition) is 6. The van der Waals surface area contributed by atoms with E-state index in [0.717, 1.165) is 11.3 Å². The van der Waals surface area contributed by atoms with Gasteiger partial charge in [0.25, 0.3) is 0 Å². The number of esters is 1. The van der Waals surface area contributed by atoms with Crippen LogP contribution >= 0.6 is 22.9 Å². The SMILES string of the molecule is COc1ccccc1OCCC(=O)OCC(=O)c1ccc(Cl)s1. The molecule has 0 saturated heterocycles. The average molecular weight is 355 g/mol. The Balaban J connectivity index is 1.72. The van der Waals surface area contributed by atoms with Crippen molar-refractivity contribution in [3.8, 4) is 11.5 Å². The smallest absolute Gasteiger partial charge is 0.309 e. The highest BCUT2D eigenvalue weighted by molar-refractivity contribution is 7.18. The molecule has 122 valence electrons. The van der Waals surface area contributed by atoms with Gasteiger partial charge < -0.3 is 14.2 Å². The van der Waals surface area contributed by atoms with Crippen molar-refractivity contribution in [3.05, 3.63) is 45.6 Å². The first-order valence-corrected chi connectivity index (χ1v) is 7.99. The number of ketones is 1. The molecule has 0 saturated carbocycles. The second kappa shape index (κ2) is 8.55. The topological polar surface area (TPSA) is 61.8 Å². The summed E-state index contributed by atoms with van der Waals surface area (Å²) >= 11 is 6.90. The van der Waals surface area contributed by atoms with E-state index in [2.05, 4.69) is 0 Å². The third-order valence-electron chi connectivity index (χ3n) is 2.85. The van der Waals surface area contributed by atoms with Gasteiger partial charge in [-0.15, -0.1) is 11.3 Å². The van der Waals surface area contributed by atoms with Gasteiger partial charge in [-0.2, -0.15) is 0 Å². The molecule has 0 N–H and O–H groups in total. The first-order valence-electron chi connectivity index (χ1n) is 6.80. The van der Waals surface area contributed by atoms with Gasteiger partial charge in [0, 0.05) is 0 Å². The van der Waals surface area contributed by atoms with Gasteiger partial charge in [-0.3, -0.25) is 9.59 Å². The molecule has 1 aromatic heterocycles.